The lowest BCUT2D eigenvalue weighted by Gasteiger charge is -2.24. The van der Waals surface area contributed by atoms with Crippen molar-refractivity contribution in [2.24, 2.45) is 0 Å². The number of hydrogen-bond acceptors (Lipinski definition) is 3. The summed E-state index contributed by atoms with van der Waals surface area (Å²) in [5.74, 6) is -0.103. The summed E-state index contributed by atoms with van der Waals surface area (Å²) in [5.41, 5.74) is 1.83. The third-order valence-electron chi connectivity index (χ3n) is 3.51. The van der Waals surface area contributed by atoms with Gasteiger partial charge in [-0.15, -0.1) is 0 Å². The molecule has 0 bridgehead atoms. The molecule has 116 valence electrons. The highest BCUT2D eigenvalue weighted by molar-refractivity contribution is 9.10. The molecular formula is C17H20BrN3O. The summed E-state index contributed by atoms with van der Waals surface area (Å²) in [6.45, 7) is 0.591. The smallest absolute Gasteiger partial charge is 0.252 e. The molecule has 1 heterocycles. The van der Waals surface area contributed by atoms with Crippen molar-refractivity contribution in [1.82, 2.24) is 15.2 Å². The summed E-state index contributed by atoms with van der Waals surface area (Å²) < 4.78 is 0.800. The van der Waals surface area contributed by atoms with Gasteiger partial charge in [-0.3, -0.25) is 9.78 Å². The standard InChI is InChI=1S/C17H20BrN3O/c1-21(2)16(8-13-6-4-3-5-7-13)12-20-17(22)14-9-15(18)11-19-10-14/h3-7,9-11,16H,8,12H2,1-2H3,(H,20,22). The number of likely N-dealkylation sites (N-methyl/N-ethyl adjacent to an activating group) is 1. The van der Waals surface area contributed by atoms with Gasteiger partial charge in [0, 0.05) is 29.5 Å². The van der Waals surface area contributed by atoms with Crippen LogP contribution in [-0.2, 0) is 6.42 Å². The minimum absolute atomic E-state index is 0.103. The molecule has 0 aliphatic heterocycles. The zero-order chi connectivity index (χ0) is 15.9. The van der Waals surface area contributed by atoms with Gasteiger partial charge in [0.05, 0.1) is 5.56 Å². The topological polar surface area (TPSA) is 45.2 Å². The van der Waals surface area contributed by atoms with Gasteiger partial charge in [0.25, 0.3) is 5.91 Å². The summed E-state index contributed by atoms with van der Waals surface area (Å²) in [5, 5.41) is 2.99. The number of carbonyl (C=O) groups is 1. The molecule has 4 nitrogen and oxygen atoms in total. The molecule has 0 saturated carbocycles. The highest BCUT2D eigenvalue weighted by atomic mass is 79.9. The molecule has 1 amide bonds. The molecule has 2 aromatic rings. The maximum absolute atomic E-state index is 12.2. The van der Waals surface area contributed by atoms with Crippen LogP contribution < -0.4 is 5.32 Å². The van der Waals surface area contributed by atoms with Crippen molar-refractivity contribution in [3.05, 3.63) is 64.4 Å². The molecule has 0 saturated heterocycles. The Morgan fingerprint density at radius 3 is 2.64 bits per heavy atom. The van der Waals surface area contributed by atoms with Gasteiger partial charge in [0.1, 0.15) is 0 Å². The summed E-state index contributed by atoms with van der Waals surface area (Å²) in [6.07, 6.45) is 4.13. The first kappa shape index (κ1) is 16.6. The van der Waals surface area contributed by atoms with E-state index in [-0.39, 0.29) is 11.9 Å². The van der Waals surface area contributed by atoms with Gasteiger partial charge in [0.15, 0.2) is 0 Å². The van der Waals surface area contributed by atoms with Gasteiger partial charge >= 0.3 is 0 Å². The molecule has 0 aliphatic rings. The molecule has 1 atom stereocenters. The lowest BCUT2D eigenvalue weighted by atomic mass is 10.1. The van der Waals surface area contributed by atoms with E-state index in [1.165, 1.54) is 5.56 Å². The first-order valence-electron chi connectivity index (χ1n) is 7.15. The molecule has 2 rings (SSSR count). The number of pyridine rings is 1. The second-order valence-electron chi connectivity index (χ2n) is 5.41. The fraction of sp³-hybridized carbons (Fsp3) is 0.294. The van der Waals surface area contributed by atoms with E-state index >= 15 is 0 Å². The van der Waals surface area contributed by atoms with E-state index in [4.69, 9.17) is 0 Å². The van der Waals surface area contributed by atoms with Crippen LogP contribution >= 0.6 is 15.9 Å². The Morgan fingerprint density at radius 2 is 2.00 bits per heavy atom. The van der Waals surface area contributed by atoms with E-state index in [9.17, 15) is 4.79 Å². The summed E-state index contributed by atoms with van der Waals surface area (Å²) in [7, 11) is 4.06. The number of halogens is 1. The molecule has 0 radical (unpaired) electrons. The summed E-state index contributed by atoms with van der Waals surface area (Å²) in [4.78, 5) is 18.3. The van der Waals surface area contributed by atoms with E-state index in [2.05, 4.69) is 43.3 Å². The fourth-order valence-electron chi connectivity index (χ4n) is 2.17. The van der Waals surface area contributed by atoms with Crippen molar-refractivity contribution in [3.63, 3.8) is 0 Å². The Labute approximate surface area is 139 Å². The van der Waals surface area contributed by atoms with Crippen molar-refractivity contribution in [1.29, 1.82) is 0 Å². The Kier molecular flexibility index (Phi) is 6.10. The Morgan fingerprint density at radius 1 is 1.27 bits per heavy atom. The van der Waals surface area contributed by atoms with Gasteiger partial charge in [-0.2, -0.15) is 0 Å². The SMILES string of the molecule is CN(C)C(CNC(=O)c1cncc(Br)c1)Cc1ccccc1. The maximum Gasteiger partial charge on any atom is 0.252 e. The average Bonchev–Trinajstić information content (AvgIpc) is 2.51. The van der Waals surface area contributed by atoms with Gasteiger partial charge < -0.3 is 10.2 Å². The molecule has 0 spiro atoms. The Hall–Kier alpha value is -1.72. The number of benzene rings is 1. The predicted molar refractivity (Wildman–Crippen MR) is 91.9 cm³/mol. The van der Waals surface area contributed by atoms with Crippen LogP contribution in [0.15, 0.2) is 53.3 Å². The number of aromatic nitrogens is 1. The van der Waals surface area contributed by atoms with E-state index < -0.39 is 0 Å². The van der Waals surface area contributed by atoms with Crippen LogP contribution in [0.3, 0.4) is 0 Å². The zero-order valence-corrected chi connectivity index (χ0v) is 14.4. The predicted octanol–water partition coefficient (Wildman–Crippen LogP) is 2.75. The number of carbonyl (C=O) groups excluding carboxylic acids is 1. The number of hydrogen-bond donors (Lipinski definition) is 1. The molecule has 1 aromatic carbocycles. The molecule has 1 unspecified atom stereocenters. The summed E-state index contributed by atoms with van der Waals surface area (Å²) >= 11 is 3.33. The second kappa shape index (κ2) is 8.06. The third kappa shape index (κ3) is 4.93. The van der Waals surface area contributed by atoms with Crippen LogP contribution in [0.4, 0.5) is 0 Å². The minimum Gasteiger partial charge on any atom is -0.350 e. The fourth-order valence-corrected chi connectivity index (χ4v) is 2.54. The lowest BCUT2D eigenvalue weighted by Crippen LogP contribution is -2.41. The van der Waals surface area contributed by atoms with Crippen LogP contribution in [0.2, 0.25) is 0 Å². The van der Waals surface area contributed by atoms with Gasteiger partial charge in [-0.05, 0) is 48.1 Å². The van der Waals surface area contributed by atoms with Gasteiger partial charge in [-0.1, -0.05) is 30.3 Å². The van der Waals surface area contributed by atoms with Crippen molar-refractivity contribution < 1.29 is 4.79 Å². The second-order valence-corrected chi connectivity index (χ2v) is 6.32. The molecule has 1 aromatic heterocycles. The number of nitrogens with one attached hydrogen (secondary N) is 1. The van der Waals surface area contributed by atoms with Crippen LogP contribution in [0, 0.1) is 0 Å². The van der Waals surface area contributed by atoms with E-state index in [0.29, 0.717) is 12.1 Å². The highest BCUT2D eigenvalue weighted by Crippen LogP contribution is 2.10. The molecule has 22 heavy (non-hydrogen) atoms. The number of amides is 1. The van der Waals surface area contributed by atoms with Gasteiger partial charge in [-0.25, -0.2) is 0 Å². The van der Waals surface area contributed by atoms with Crippen molar-refractivity contribution >= 4 is 21.8 Å². The van der Waals surface area contributed by atoms with Crippen LogP contribution in [0.1, 0.15) is 15.9 Å². The highest BCUT2D eigenvalue weighted by Gasteiger charge is 2.14. The van der Waals surface area contributed by atoms with Gasteiger partial charge in [0.2, 0.25) is 0 Å². The Bertz CT molecular complexity index is 616. The quantitative estimate of drug-likeness (QED) is 0.860. The van der Waals surface area contributed by atoms with Crippen LogP contribution in [0.25, 0.3) is 0 Å². The first-order valence-corrected chi connectivity index (χ1v) is 7.94. The maximum atomic E-state index is 12.2. The van der Waals surface area contributed by atoms with Crippen molar-refractivity contribution in [3.8, 4) is 0 Å². The average molecular weight is 362 g/mol. The van der Waals surface area contributed by atoms with Crippen molar-refractivity contribution in [2.45, 2.75) is 12.5 Å². The molecular weight excluding hydrogens is 342 g/mol. The minimum atomic E-state index is -0.103. The van der Waals surface area contributed by atoms with E-state index in [1.54, 1.807) is 18.5 Å². The lowest BCUT2D eigenvalue weighted by molar-refractivity contribution is 0.0941. The number of nitrogens with zero attached hydrogens (tertiary/aromatic N) is 2. The zero-order valence-electron chi connectivity index (χ0n) is 12.8. The van der Waals surface area contributed by atoms with Crippen LogP contribution in [-0.4, -0.2) is 42.5 Å². The molecule has 1 N–H and O–H groups in total. The molecule has 0 fully saturated rings. The van der Waals surface area contributed by atoms with Crippen LogP contribution in [0.5, 0.6) is 0 Å². The first-order chi connectivity index (χ1) is 10.6. The number of rotatable bonds is 6. The van der Waals surface area contributed by atoms with E-state index in [0.717, 1.165) is 10.9 Å². The third-order valence-corrected chi connectivity index (χ3v) is 3.94. The monoisotopic (exact) mass is 361 g/mol. The van der Waals surface area contributed by atoms with Crippen molar-refractivity contribution in [2.75, 3.05) is 20.6 Å². The van der Waals surface area contributed by atoms with E-state index in [1.807, 2.05) is 32.3 Å². The summed E-state index contributed by atoms with van der Waals surface area (Å²) in [6, 6.07) is 12.3. The Balaban J connectivity index is 1.96. The molecule has 0 aliphatic carbocycles. The molecule has 5 heteroatoms. The largest absolute Gasteiger partial charge is 0.350 e. The normalized spacial score (nSPS) is 12.2.